The standard InChI is InChI=1S/C9H9NO5/c10-9(15)8(14)7(13)4-1-2-5(11)6(12)3-4/h1-3,11-14H,(H2,10,15). The Labute approximate surface area is 84.5 Å². The van der Waals surface area contributed by atoms with E-state index in [1.807, 2.05) is 0 Å². The van der Waals surface area contributed by atoms with Crippen molar-refractivity contribution >= 4 is 11.7 Å². The fourth-order valence-corrected chi connectivity index (χ4v) is 0.924. The number of nitrogens with two attached hydrogens (primary N) is 1. The summed E-state index contributed by atoms with van der Waals surface area (Å²) >= 11 is 0. The topological polar surface area (TPSA) is 124 Å². The van der Waals surface area contributed by atoms with E-state index in [0.29, 0.717) is 0 Å². The molecule has 0 bridgehead atoms. The predicted molar refractivity (Wildman–Crippen MR) is 51.1 cm³/mol. The third-order valence-corrected chi connectivity index (χ3v) is 1.71. The molecule has 1 aromatic rings. The molecule has 0 aliphatic heterocycles. The molecule has 6 nitrogen and oxygen atoms in total. The summed E-state index contributed by atoms with van der Waals surface area (Å²) in [6, 6.07) is 3.27. The summed E-state index contributed by atoms with van der Waals surface area (Å²) < 4.78 is 0. The lowest BCUT2D eigenvalue weighted by molar-refractivity contribution is -0.116. The molecule has 0 spiro atoms. The molecule has 15 heavy (non-hydrogen) atoms. The van der Waals surface area contributed by atoms with Gasteiger partial charge >= 0.3 is 0 Å². The van der Waals surface area contributed by atoms with Gasteiger partial charge in [0, 0.05) is 5.56 Å². The number of carbonyl (C=O) groups excluding carboxylic acids is 1. The van der Waals surface area contributed by atoms with Gasteiger partial charge in [-0.2, -0.15) is 0 Å². The van der Waals surface area contributed by atoms with Crippen LogP contribution in [0.4, 0.5) is 0 Å². The average molecular weight is 211 g/mol. The Morgan fingerprint density at radius 1 is 1.13 bits per heavy atom. The van der Waals surface area contributed by atoms with Crippen LogP contribution < -0.4 is 5.73 Å². The summed E-state index contributed by atoms with van der Waals surface area (Å²) in [6.45, 7) is 0. The maximum atomic E-state index is 10.5. The van der Waals surface area contributed by atoms with Crippen molar-refractivity contribution in [3.8, 4) is 11.5 Å². The van der Waals surface area contributed by atoms with Crippen LogP contribution in [-0.2, 0) is 4.79 Å². The first-order valence-corrected chi connectivity index (χ1v) is 3.88. The third-order valence-electron chi connectivity index (χ3n) is 1.71. The molecule has 1 aromatic carbocycles. The van der Waals surface area contributed by atoms with Gasteiger partial charge in [0.05, 0.1) is 0 Å². The van der Waals surface area contributed by atoms with Crippen LogP contribution in [0.5, 0.6) is 11.5 Å². The summed E-state index contributed by atoms with van der Waals surface area (Å²) in [5.41, 5.74) is 4.68. The van der Waals surface area contributed by atoms with Crippen LogP contribution in [0.15, 0.2) is 24.0 Å². The van der Waals surface area contributed by atoms with Crippen molar-refractivity contribution in [1.82, 2.24) is 0 Å². The molecule has 0 heterocycles. The zero-order valence-electron chi connectivity index (χ0n) is 7.51. The number of rotatable bonds is 2. The average Bonchev–Trinajstić information content (AvgIpc) is 2.19. The number of aliphatic hydroxyl groups is 2. The van der Waals surface area contributed by atoms with Crippen molar-refractivity contribution in [3.63, 3.8) is 0 Å². The third kappa shape index (κ3) is 2.11. The van der Waals surface area contributed by atoms with E-state index in [-0.39, 0.29) is 11.3 Å². The maximum Gasteiger partial charge on any atom is 0.287 e. The number of primary amides is 1. The van der Waals surface area contributed by atoms with E-state index < -0.39 is 23.2 Å². The van der Waals surface area contributed by atoms with Crippen molar-refractivity contribution in [2.75, 3.05) is 0 Å². The maximum absolute atomic E-state index is 10.5. The molecule has 0 fully saturated rings. The van der Waals surface area contributed by atoms with Crippen molar-refractivity contribution < 1.29 is 25.2 Å². The SMILES string of the molecule is NC(=O)C(O)=C(O)c1ccc(O)c(O)c1. The second kappa shape index (κ2) is 3.79. The van der Waals surface area contributed by atoms with Gasteiger partial charge in [-0.15, -0.1) is 0 Å². The molecule has 0 aliphatic rings. The van der Waals surface area contributed by atoms with E-state index >= 15 is 0 Å². The number of aromatic hydroxyl groups is 2. The van der Waals surface area contributed by atoms with Gasteiger partial charge in [0.2, 0.25) is 5.76 Å². The summed E-state index contributed by atoms with van der Waals surface area (Å²) in [5, 5.41) is 36.4. The lowest BCUT2D eigenvalue weighted by Gasteiger charge is -2.03. The lowest BCUT2D eigenvalue weighted by atomic mass is 10.1. The molecule has 0 saturated carbocycles. The van der Waals surface area contributed by atoms with Crippen LogP contribution in [0.25, 0.3) is 5.76 Å². The minimum absolute atomic E-state index is 0.0402. The normalized spacial score (nSPS) is 12.0. The van der Waals surface area contributed by atoms with E-state index in [2.05, 4.69) is 0 Å². The van der Waals surface area contributed by atoms with Gasteiger partial charge in [0.15, 0.2) is 17.3 Å². The van der Waals surface area contributed by atoms with E-state index in [4.69, 9.17) is 21.1 Å². The smallest absolute Gasteiger partial charge is 0.287 e. The summed E-state index contributed by atoms with van der Waals surface area (Å²) in [5.74, 6) is -3.85. The van der Waals surface area contributed by atoms with Gasteiger partial charge in [-0.25, -0.2) is 0 Å². The van der Waals surface area contributed by atoms with Gasteiger partial charge in [-0.05, 0) is 18.2 Å². The number of hydrogen-bond acceptors (Lipinski definition) is 5. The van der Waals surface area contributed by atoms with Crippen LogP contribution in [-0.4, -0.2) is 26.3 Å². The highest BCUT2D eigenvalue weighted by Crippen LogP contribution is 2.28. The molecule has 1 amide bonds. The van der Waals surface area contributed by atoms with Gasteiger partial charge in [0.25, 0.3) is 5.91 Å². The zero-order chi connectivity index (χ0) is 11.6. The van der Waals surface area contributed by atoms with Gasteiger partial charge < -0.3 is 26.2 Å². The quantitative estimate of drug-likeness (QED) is 0.274. The van der Waals surface area contributed by atoms with E-state index in [1.165, 1.54) is 6.07 Å². The van der Waals surface area contributed by atoms with Crippen molar-refractivity contribution in [1.29, 1.82) is 0 Å². The number of amides is 1. The molecule has 0 unspecified atom stereocenters. The Kier molecular flexibility index (Phi) is 2.70. The molecule has 1 rings (SSSR count). The first-order chi connectivity index (χ1) is 6.93. The molecule has 0 aliphatic carbocycles. The Morgan fingerprint density at radius 3 is 2.20 bits per heavy atom. The molecule has 6 N–H and O–H groups in total. The number of hydrogen-bond donors (Lipinski definition) is 5. The van der Waals surface area contributed by atoms with Crippen LogP contribution in [0.2, 0.25) is 0 Å². The van der Waals surface area contributed by atoms with Crippen LogP contribution in [0, 0.1) is 0 Å². The summed E-state index contributed by atoms with van der Waals surface area (Å²) in [6.07, 6.45) is 0. The van der Waals surface area contributed by atoms with Gasteiger partial charge in [-0.1, -0.05) is 0 Å². The van der Waals surface area contributed by atoms with E-state index in [0.717, 1.165) is 12.1 Å². The van der Waals surface area contributed by atoms with Crippen molar-refractivity contribution in [2.24, 2.45) is 5.73 Å². The second-order valence-electron chi connectivity index (χ2n) is 2.76. The van der Waals surface area contributed by atoms with Gasteiger partial charge in [0.1, 0.15) is 0 Å². The highest BCUT2D eigenvalue weighted by molar-refractivity contribution is 5.96. The van der Waals surface area contributed by atoms with Gasteiger partial charge in [-0.3, -0.25) is 4.79 Å². The largest absolute Gasteiger partial charge is 0.504 e. The second-order valence-corrected chi connectivity index (χ2v) is 2.76. The summed E-state index contributed by atoms with van der Waals surface area (Å²) in [7, 11) is 0. The fraction of sp³-hybridized carbons (Fsp3) is 0. The van der Waals surface area contributed by atoms with Crippen LogP contribution in [0.1, 0.15) is 5.56 Å². The molecule has 0 radical (unpaired) electrons. The first-order valence-electron chi connectivity index (χ1n) is 3.88. The number of phenols is 2. The lowest BCUT2D eigenvalue weighted by Crippen LogP contribution is -2.15. The minimum atomic E-state index is -1.19. The zero-order valence-corrected chi connectivity index (χ0v) is 7.51. The number of benzene rings is 1. The molecular formula is C9H9NO5. The molecule has 80 valence electrons. The minimum Gasteiger partial charge on any atom is -0.504 e. The Balaban J connectivity index is 3.23. The number of phenolic OH excluding ortho intramolecular Hbond substituents is 2. The monoisotopic (exact) mass is 211 g/mol. The molecular weight excluding hydrogens is 202 g/mol. The highest BCUT2D eigenvalue weighted by Gasteiger charge is 2.13. The first kappa shape index (κ1) is 10.7. The number of aliphatic hydroxyl groups excluding tert-OH is 2. The highest BCUT2D eigenvalue weighted by atomic mass is 16.3. The fourth-order valence-electron chi connectivity index (χ4n) is 0.924. The van der Waals surface area contributed by atoms with E-state index in [1.54, 1.807) is 0 Å². The molecule has 0 saturated heterocycles. The Bertz CT molecular complexity index is 438. The van der Waals surface area contributed by atoms with Crippen LogP contribution >= 0.6 is 0 Å². The van der Waals surface area contributed by atoms with Crippen molar-refractivity contribution in [3.05, 3.63) is 29.5 Å². The summed E-state index contributed by atoms with van der Waals surface area (Å²) in [4.78, 5) is 10.5. The predicted octanol–water partition coefficient (Wildman–Crippen LogP) is 0.368. The molecule has 0 atom stereocenters. The Hall–Kier alpha value is -2.37. The van der Waals surface area contributed by atoms with E-state index in [9.17, 15) is 9.90 Å². The molecule has 0 aromatic heterocycles. The van der Waals surface area contributed by atoms with Crippen LogP contribution in [0.3, 0.4) is 0 Å². The molecule has 6 heteroatoms. The number of carbonyl (C=O) groups is 1. The Morgan fingerprint density at radius 2 is 1.73 bits per heavy atom. The van der Waals surface area contributed by atoms with Crippen molar-refractivity contribution in [2.45, 2.75) is 0 Å².